The summed E-state index contributed by atoms with van der Waals surface area (Å²) in [4.78, 5) is 55.1. The third-order valence-corrected chi connectivity index (χ3v) is 6.89. The Balaban J connectivity index is 1.20. The van der Waals surface area contributed by atoms with Crippen molar-refractivity contribution in [3.8, 4) is 5.75 Å². The van der Waals surface area contributed by atoms with E-state index in [9.17, 15) is 19.2 Å². The lowest BCUT2D eigenvalue weighted by Gasteiger charge is -2.29. The highest BCUT2D eigenvalue weighted by Crippen LogP contribution is 2.32. The molecule has 4 rings (SSSR count). The van der Waals surface area contributed by atoms with Crippen molar-refractivity contribution >= 4 is 46.9 Å². The predicted molar refractivity (Wildman–Crippen MR) is 155 cm³/mol. The molecule has 2 aromatic carbocycles. The van der Waals surface area contributed by atoms with Crippen LogP contribution in [0.5, 0.6) is 5.75 Å². The zero-order valence-corrected chi connectivity index (χ0v) is 22.8. The Morgan fingerprint density at radius 3 is 2.80 bits per heavy atom. The van der Waals surface area contributed by atoms with Crippen molar-refractivity contribution in [2.24, 2.45) is 15.9 Å². The summed E-state index contributed by atoms with van der Waals surface area (Å²) in [5.41, 5.74) is 9.58. The second kappa shape index (κ2) is 13.5. The highest BCUT2D eigenvalue weighted by atomic mass is 16.5. The number of anilines is 2. The van der Waals surface area contributed by atoms with Gasteiger partial charge < -0.3 is 31.8 Å². The number of nitrogen functional groups attached to an aromatic ring is 1. The van der Waals surface area contributed by atoms with Gasteiger partial charge in [-0.25, -0.2) is 0 Å². The Kier molecular flexibility index (Phi) is 9.64. The Labute approximate surface area is 237 Å². The molecule has 1 fully saturated rings. The smallest absolute Gasteiger partial charge is 0.255 e. The minimum Gasteiger partial charge on any atom is -0.495 e. The molecular formula is C28H34N8O5. The monoisotopic (exact) mass is 562 g/mol. The van der Waals surface area contributed by atoms with Gasteiger partial charge in [0.1, 0.15) is 11.8 Å². The molecule has 1 atom stereocenters. The number of carbonyl (C=O) groups is 4. The molecule has 41 heavy (non-hydrogen) atoms. The van der Waals surface area contributed by atoms with Crippen LogP contribution < -0.4 is 32.3 Å². The van der Waals surface area contributed by atoms with E-state index in [1.165, 1.54) is 4.90 Å². The van der Waals surface area contributed by atoms with Crippen molar-refractivity contribution in [1.29, 1.82) is 0 Å². The molecule has 13 heteroatoms. The number of hydrogen-bond acceptors (Lipinski definition) is 10. The lowest BCUT2D eigenvalue weighted by Crippen LogP contribution is -2.52. The molecule has 0 bridgehead atoms. The number of hydrogen-bond donors (Lipinski definition) is 5. The standard InChI is InChI=1S/C28H34N8O5/c1-41-24-14-17(5-6-21(24)29)13-18(35-30)15-32-12-11-31-10-9-26(38)33-22-4-2-3-19-20(22)16-36(28(19)40)23-7-8-25(37)34-27(23)39/h2-6,14-15,23,31H,7-13,16,29-30H2,1H3,(H,33,38)(H,34,37,39)/b32-15?,35-18-. The summed E-state index contributed by atoms with van der Waals surface area (Å²) in [5, 5.41) is 12.1. The molecule has 2 aromatic rings. The number of benzene rings is 2. The normalized spacial score (nSPS) is 17.1. The van der Waals surface area contributed by atoms with Crippen molar-refractivity contribution in [2.75, 3.05) is 37.8 Å². The van der Waals surface area contributed by atoms with E-state index in [0.717, 1.165) is 5.56 Å². The number of imide groups is 1. The van der Waals surface area contributed by atoms with Crippen molar-refractivity contribution in [3.05, 3.63) is 53.1 Å². The van der Waals surface area contributed by atoms with E-state index in [2.05, 4.69) is 26.0 Å². The molecule has 0 spiro atoms. The highest BCUT2D eigenvalue weighted by Gasteiger charge is 2.39. The third kappa shape index (κ3) is 7.25. The summed E-state index contributed by atoms with van der Waals surface area (Å²) < 4.78 is 5.24. The maximum Gasteiger partial charge on any atom is 0.255 e. The molecular weight excluding hydrogens is 528 g/mol. The molecule has 13 nitrogen and oxygen atoms in total. The number of rotatable bonds is 12. The van der Waals surface area contributed by atoms with Crippen molar-refractivity contribution in [2.45, 2.75) is 38.3 Å². The Bertz CT molecular complexity index is 1390. The van der Waals surface area contributed by atoms with Crippen LogP contribution in [0.25, 0.3) is 0 Å². The molecule has 1 saturated heterocycles. The van der Waals surface area contributed by atoms with Crippen LogP contribution in [-0.4, -0.2) is 73.2 Å². The van der Waals surface area contributed by atoms with Gasteiger partial charge in [0.25, 0.3) is 5.91 Å². The van der Waals surface area contributed by atoms with Crippen LogP contribution in [0.15, 0.2) is 46.5 Å². The summed E-state index contributed by atoms with van der Waals surface area (Å²) in [6.45, 7) is 1.64. The third-order valence-electron chi connectivity index (χ3n) is 6.89. The summed E-state index contributed by atoms with van der Waals surface area (Å²) >= 11 is 0. The molecule has 1 unspecified atom stereocenters. The van der Waals surface area contributed by atoms with E-state index < -0.39 is 11.9 Å². The van der Waals surface area contributed by atoms with Crippen LogP contribution >= 0.6 is 0 Å². The van der Waals surface area contributed by atoms with Gasteiger partial charge in [0.15, 0.2) is 0 Å². The molecule has 0 aliphatic carbocycles. The average Bonchev–Trinajstić information content (AvgIpc) is 3.29. The van der Waals surface area contributed by atoms with Crippen molar-refractivity contribution in [3.63, 3.8) is 0 Å². The first-order valence-electron chi connectivity index (χ1n) is 13.3. The van der Waals surface area contributed by atoms with Gasteiger partial charge in [0.05, 0.1) is 25.1 Å². The minimum absolute atomic E-state index is 0.180. The van der Waals surface area contributed by atoms with Crippen LogP contribution in [-0.2, 0) is 27.3 Å². The van der Waals surface area contributed by atoms with Gasteiger partial charge in [-0.05, 0) is 36.2 Å². The summed E-state index contributed by atoms with van der Waals surface area (Å²) in [5.74, 6) is 4.78. The number of piperidine rings is 1. The molecule has 0 aromatic heterocycles. The van der Waals surface area contributed by atoms with E-state index in [-0.39, 0.29) is 43.5 Å². The van der Waals surface area contributed by atoms with E-state index in [4.69, 9.17) is 16.3 Å². The van der Waals surface area contributed by atoms with Gasteiger partial charge in [0.2, 0.25) is 17.7 Å². The minimum atomic E-state index is -0.712. The van der Waals surface area contributed by atoms with Crippen LogP contribution in [0.2, 0.25) is 0 Å². The molecule has 2 aliphatic heterocycles. The fourth-order valence-corrected chi connectivity index (χ4v) is 4.76. The number of ether oxygens (including phenoxy) is 1. The fourth-order valence-electron chi connectivity index (χ4n) is 4.76. The quantitative estimate of drug-likeness (QED) is 0.0619. The van der Waals surface area contributed by atoms with Crippen LogP contribution in [0.3, 0.4) is 0 Å². The first-order chi connectivity index (χ1) is 19.8. The van der Waals surface area contributed by atoms with Gasteiger partial charge in [-0.15, -0.1) is 0 Å². The Hall–Kier alpha value is -4.78. The SMILES string of the molecule is COc1cc(C/C(C=NCCNCCC(=O)Nc2cccc3c2CN(C2CCC(=O)NC2=O)C3=O)=N/N)ccc1N. The van der Waals surface area contributed by atoms with Gasteiger partial charge in [0, 0.05) is 61.9 Å². The molecule has 7 N–H and O–H groups in total. The van der Waals surface area contributed by atoms with Crippen LogP contribution in [0, 0.1) is 0 Å². The number of carbonyl (C=O) groups excluding carboxylic acids is 4. The van der Waals surface area contributed by atoms with Gasteiger partial charge in [-0.1, -0.05) is 12.1 Å². The van der Waals surface area contributed by atoms with Crippen molar-refractivity contribution < 1.29 is 23.9 Å². The van der Waals surface area contributed by atoms with Gasteiger partial charge in [-0.2, -0.15) is 5.10 Å². The maximum absolute atomic E-state index is 13.0. The first kappa shape index (κ1) is 29.2. The molecule has 0 saturated carbocycles. The van der Waals surface area contributed by atoms with Crippen LogP contribution in [0.4, 0.5) is 11.4 Å². The van der Waals surface area contributed by atoms with E-state index >= 15 is 0 Å². The number of methoxy groups -OCH3 is 1. The zero-order valence-electron chi connectivity index (χ0n) is 22.8. The Morgan fingerprint density at radius 2 is 2.05 bits per heavy atom. The van der Waals surface area contributed by atoms with Gasteiger partial charge in [-0.3, -0.25) is 29.5 Å². The summed E-state index contributed by atoms with van der Waals surface area (Å²) in [6, 6.07) is 9.86. The first-order valence-corrected chi connectivity index (χ1v) is 13.3. The number of nitrogens with one attached hydrogen (secondary N) is 3. The highest BCUT2D eigenvalue weighted by molar-refractivity contribution is 6.31. The lowest BCUT2D eigenvalue weighted by molar-refractivity contribution is -0.137. The molecule has 4 amide bonds. The molecule has 2 aliphatic rings. The van der Waals surface area contributed by atoms with E-state index in [0.29, 0.717) is 60.0 Å². The second-order valence-electron chi connectivity index (χ2n) is 9.69. The molecule has 216 valence electrons. The number of amides is 4. The predicted octanol–water partition coefficient (Wildman–Crippen LogP) is 0.585. The maximum atomic E-state index is 13.0. The zero-order chi connectivity index (χ0) is 29.4. The summed E-state index contributed by atoms with van der Waals surface area (Å²) in [7, 11) is 1.56. The van der Waals surface area contributed by atoms with Crippen LogP contribution in [0.1, 0.15) is 40.7 Å². The number of nitrogens with two attached hydrogens (primary N) is 2. The number of fused-ring (bicyclic) bond motifs is 1. The van der Waals surface area contributed by atoms with E-state index in [1.54, 1.807) is 37.6 Å². The number of nitrogens with zero attached hydrogens (tertiary/aromatic N) is 3. The van der Waals surface area contributed by atoms with Gasteiger partial charge >= 0.3 is 0 Å². The second-order valence-corrected chi connectivity index (χ2v) is 9.69. The average molecular weight is 563 g/mol. The number of hydrazone groups is 1. The van der Waals surface area contributed by atoms with Crippen molar-refractivity contribution in [1.82, 2.24) is 15.5 Å². The summed E-state index contributed by atoms with van der Waals surface area (Å²) in [6.07, 6.45) is 2.77. The van der Waals surface area contributed by atoms with E-state index in [1.807, 2.05) is 12.1 Å². The largest absolute Gasteiger partial charge is 0.495 e. The topological polar surface area (TPSA) is 194 Å². The number of aliphatic imine (C=N–C) groups is 1. The lowest BCUT2D eigenvalue weighted by atomic mass is 10.0. The molecule has 2 heterocycles. The fraction of sp³-hybridized carbons (Fsp3) is 0.357. The molecule has 0 radical (unpaired) electrons. The Morgan fingerprint density at radius 1 is 1.22 bits per heavy atom.